The van der Waals surface area contributed by atoms with Crippen molar-refractivity contribution in [3.8, 4) is 11.5 Å². The van der Waals surface area contributed by atoms with E-state index in [0.717, 1.165) is 19.3 Å². The molecule has 0 radical (unpaired) electrons. The van der Waals surface area contributed by atoms with Crippen LogP contribution in [-0.4, -0.2) is 10.2 Å². The minimum atomic E-state index is 0.0960. The second-order valence-corrected chi connectivity index (χ2v) is 7.72. The maximum Gasteiger partial charge on any atom is 0.115 e. The zero-order chi connectivity index (χ0) is 17.1. The maximum absolute atomic E-state index is 9.43. The summed E-state index contributed by atoms with van der Waals surface area (Å²) in [7, 11) is 0. The van der Waals surface area contributed by atoms with Crippen molar-refractivity contribution in [3.05, 3.63) is 59.7 Å². The van der Waals surface area contributed by atoms with Crippen LogP contribution in [0.5, 0.6) is 11.5 Å². The zero-order valence-corrected chi connectivity index (χ0v) is 14.6. The van der Waals surface area contributed by atoms with E-state index >= 15 is 0 Å². The number of hydrogen-bond donors (Lipinski definition) is 2. The van der Waals surface area contributed by atoms with Gasteiger partial charge in [-0.05, 0) is 59.1 Å². The van der Waals surface area contributed by atoms with Crippen LogP contribution in [0.25, 0.3) is 0 Å². The van der Waals surface area contributed by atoms with Crippen molar-refractivity contribution in [3.63, 3.8) is 0 Å². The van der Waals surface area contributed by atoms with Gasteiger partial charge in [0.05, 0.1) is 0 Å². The molecule has 0 aromatic heterocycles. The Kier molecular flexibility index (Phi) is 5.03. The third kappa shape index (κ3) is 4.51. The molecular weight excluding hydrogens is 284 g/mol. The lowest BCUT2D eigenvalue weighted by atomic mass is 9.75. The van der Waals surface area contributed by atoms with E-state index in [0.29, 0.717) is 11.5 Å². The van der Waals surface area contributed by atoms with E-state index in [9.17, 15) is 10.2 Å². The second-order valence-electron chi connectivity index (χ2n) is 7.72. The fourth-order valence-electron chi connectivity index (χ4n) is 3.09. The van der Waals surface area contributed by atoms with Crippen molar-refractivity contribution in [1.29, 1.82) is 0 Å². The average molecular weight is 312 g/mol. The zero-order valence-electron chi connectivity index (χ0n) is 14.6. The Morgan fingerprint density at radius 1 is 0.609 bits per heavy atom. The molecule has 0 fully saturated rings. The summed E-state index contributed by atoms with van der Waals surface area (Å²) in [6.45, 7) is 9.03. The lowest BCUT2D eigenvalue weighted by Gasteiger charge is -2.29. The average Bonchev–Trinajstić information content (AvgIpc) is 2.47. The highest BCUT2D eigenvalue weighted by Gasteiger charge is 2.24. The Hall–Kier alpha value is -1.96. The van der Waals surface area contributed by atoms with Gasteiger partial charge in [-0.1, -0.05) is 58.4 Å². The molecule has 2 nitrogen and oxygen atoms in total. The summed E-state index contributed by atoms with van der Waals surface area (Å²) in [5, 5.41) is 18.9. The standard InChI is InChI=1S/C21H28O2/c1-20(2,16-6-10-18(22)11-7-16)14-5-15-21(3,4)17-8-12-19(23)13-9-17/h6-13,22-23H,5,14-15H2,1-4H3. The van der Waals surface area contributed by atoms with Gasteiger partial charge < -0.3 is 10.2 Å². The molecule has 0 saturated heterocycles. The summed E-state index contributed by atoms with van der Waals surface area (Å²) in [5.74, 6) is 0.635. The Morgan fingerprint density at radius 2 is 0.913 bits per heavy atom. The minimum Gasteiger partial charge on any atom is -0.508 e. The first kappa shape index (κ1) is 17.4. The highest BCUT2D eigenvalue weighted by Crippen LogP contribution is 2.35. The van der Waals surface area contributed by atoms with Crippen LogP contribution in [0.15, 0.2) is 48.5 Å². The van der Waals surface area contributed by atoms with E-state index in [2.05, 4.69) is 27.7 Å². The number of aromatic hydroxyl groups is 2. The number of phenolic OH excluding ortho intramolecular Hbond substituents is 2. The van der Waals surface area contributed by atoms with E-state index < -0.39 is 0 Å². The maximum atomic E-state index is 9.43. The van der Waals surface area contributed by atoms with Crippen molar-refractivity contribution in [2.45, 2.75) is 57.8 Å². The molecule has 0 saturated carbocycles. The largest absolute Gasteiger partial charge is 0.508 e. The second kappa shape index (κ2) is 6.66. The Morgan fingerprint density at radius 3 is 1.22 bits per heavy atom. The Balaban J connectivity index is 1.97. The van der Waals surface area contributed by atoms with Crippen LogP contribution >= 0.6 is 0 Å². The third-order valence-electron chi connectivity index (χ3n) is 4.90. The summed E-state index contributed by atoms with van der Waals surface area (Å²) in [4.78, 5) is 0. The molecule has 2 aromatic rings. The van der Waals surface area contributed by atoms with E-state index in [-0.39, 0.29) is 10.8 Å². The number of rotatable bonds is 6. The van der Waals surface area contributed by atoms with Crippen molar-refractivity contribution in [2.75, 3.05) is 0 Å². The van der Waals surface area contributed by atoms with E-state index in [4.69, 9.17) is 0 Å². The van der Waals surface area contributed by atoms with Crippen molar-refractivity contribution < 1.29 is 10.2 Å². The number of phenols is 2. The lowest BCUT2D eigenvalue weighted by molar-refractivity contribution is 0.391. The summed E-state index contributed by atoms with van der Waals surface area (Å²) >= 11 is 0. The predicted molar refractivity (Wildman–Crippen MR) is 96.1 cm³/mol. The fourth-order valence-corrected chi connectivity index (χ4v) is 3.09. The van der Waals surface area contributed by atoms with E-state index in [1.807, 2.05) is 24.3 Å². The molecule has 23 heavy (non-hydrogen) atoms. The summed E-state index contributed by atoms with van der Waals surface area (Å²) in [6.07, 6.45) is 3.32. The minimum absolute atomic E-state index is 0.0960. The third-order valence-corrected chi connectivity index (χ3v) is 4.90. The smallest absolute Gasteiger partial charge is 0.115 e. The quantitative estimate of drug-likeness (QED) is 0.737. The topological polar surface area (TPSA) is 40.5 Å². The van der Waals surface area contributed by atoms with Gasteiger partial charge in [-0.2, -0.15) is 0 Å². The van der Waals surface area contributed by atoms with Gasteiger partial charge >= 0.3 is 0 Å². The van der Waals surface area contributed by atoms with Gasteiger partial charge in [-0.25, -0.2) is 0 Å². The first-order chi connectivity index (χ1) is 10.7. The molecule has 0 heterocycles. The molecule has 124 valence electrons. The first-order valence-electron chi connectivity index (χ1n) is 8.30. The summed E-state index contributed by atoms with van der Waals surface area (Å²) in [5.41, 5.74) is 2.72. The monoisotopic (exact) mass is 312 g/mol. The number of benzene rings is 2. The molecule has 0 unspecified atom stereocenters. The molecule has 2 rings (SSSR count). The highest BCUT2D eigenvalue weighted by atomic mass is 16.3. The van der Waals surface area contributed by atoms with E-state index in [1.54, 1.807) is 24.3 Å². The SMILES string of the molecule is CC(C)(CCCC(C)(C)c1ccc(O)cc1)c1ccc(O)cc1. The molecule has 0 aliphatic rings. The van der Waals surface area contributed by atoms with Gasteiger partial charge in [-0.15, -0.1) is 0 Å². The predicted octanol–water partition coefficient (Wildman–Crippen LogP) is 5.52. The molecule has 2 heteroatoms. The van der Waals surface area contributed by atoms with Crippen LogP contribution in [0.3, 0.4) is 0 Å². The molecule has 0 amide bonds. The van der Waals surface area contributed by atoms with Gasteiger partial charge in [0.15, 0.2) is 0 Å². The van der Waals surface area contributed by atoms with Crippen LogP contribution in [0.2, 0.25) is 0 Å². The molecule has 0 aliphatic heterocycles. The molecule has 0 bridgehead atoms. The van der Waals surface area contributed by atoms with Gasteiger partial charge in [0.2, 0.25) is 0 Å². The molecule has 0 spiro atoms. The number of hydrogen-bond acceptors (Lipinski definition) is 2. The van der Waals surface area contributed by atoms with Crippen LogP contribution in [0.1, 0.15) is 58.1 Å². The molecule has 0 aliphatic carbocycles. The molecule has 0 atom stereocenters. The summed E-state index contributed by atoms with van der Waals surface area (Å²) < 4.78 is 0. The molecular formula is C21H28O2. The Bertz CT molecular complexity index is 564. The molecule has 2 N–H and O–H groups in total. The van der Waals surface area contributed by atoms with Gasteiger partial charge in [-0.3, -0.25) is 0 Å². The van der Waals surface area contributed by atoms with Crippen molar-refractivity contribution in [1.82, 2.24) is 0 Å². The van der Waals surface area contributed by atoms with Gasteiger partial charge in [0.25, 0.3) is 0 Å². The first-order valence-corrected chi connectivity index (χ1v) is 8.30. The van der Waals surface area contributed by atoms with Crippen LogP contribution in [-0.2, 0) is 10.8 Å². The normalized spacial score (nSPS) is 12.3. The van der Waals surface area contributed by atoms with Crippen molar-refractivity contribution in [2.24, 2.45) is 0 Å². The molecule has 2 aromatic carbocycles. The Labute approximate surface area is 139 Å². The lowest BCUT2D eigenvalue weighted by Crippen LogP contribution is -2.21. The van der Waals surface area contributed by atoms with Gasteiger partial charge in [0.1, 0.15) is 11.5 Å². The fraction of sp³-hybridized carbons (Fsp3) is 0.429. The van der Waals surface area contributed by atoms with Crippen molar-refractivity contribution >= 4 is 0 Å². The van der Waals surface area contributed by atoms with E-state index in [1.165, 1.54) is 11.1 Å². The highest BCUT2D eigenvalue weighted by molar-refractivity contribution is 5.31. The van der Waals surface area contributed by atoms with Crippen LogP contribution in [0, 0.1) is 0 Å². The summed E-state index contributed by atoms with van der Waals surface area (Å²) in [6, 6.07) is 15.1. The van der Waals surface area contributed by atoms with Crippen LogP contribution in [0.4, 0.5) is 0 Å². The van der Waals surface area contributed by atoms with Crippen LogP contribution < -0.4 is 0 Å². The van der Waals surface area contributed by atoms with Gasteiger partial charge in [0, 0.05) is 0 Å².